The Morgan fingerprint density at radius 3 is 2.81 bits per heavy atom. The van der Waals surface area contributed by atoms with Crippen LogP contribution in [0.2, 0.25) is 5.02 Å². The smallest absolute Gasteiger partial charge is 0.244 e. The average molecular weight is 328 g/mol. The van der Waals surface area contributed by atoms with E-state index in [1.54, 1.807) is 0 Å². The van der Waals surface area contributed by atoms with Crippen LogP contribution in [0.5, 0.6) is 0 Å². The number of sulfonamides is 1. The minimum absolute atomic E-state index is 0.0178. The molecule has 0 amide bonds. The van der Waals surface area contributed by atoms with E-state index in [4.69, 9.17) is 22.6 Å². The Hall–Kier alpha value is -1.13. The van der Waals surface area contributed by atoms with E-state index in [-0.39, 0.29) is 27.6 Å². The first kappa shape index (κ1) is 16.2. The van der Waals surface area contributed by atoms with Crippen molar-refractivity contribution < 1.29 is 8.42 Å². The third-order valence-corrected chi connectivity index (χ3v) is 6.16. The Morgan fingerprint density at radius 2 is 2.19 bits per heavy atom. The second-order valence-corrected chi connectivity index (χ2v) is 7.56. The molecule has 0 bridgehead atoms. The van der Waals surface area contributed by atoms with Gasteiger partial charge in [0.25, 0.3) is 0 Å². The Morgan fingerprint density at radius 1 is 1.48 bits per heavy atom. The highest BCUT2D eigenvalue weighted by molar-refractivity contribution is 7.89. The zero-order chi connectivity index (χ0) is 15.6. The molecule has 0 radical (unpaired) electrons. The van der Waals surface area contributed by atoms with Gasteiger partial charge in [0.15, 0.2) is 0 Å². The summed E-state index contributed by atoms with van der Waals surface area (Å²) in [5.41, 5.74) is 6.21. The second-order valence-electron chi connectivity index (χ2n) is 5.30. The van der Waals surface area contributed by atoms with Gasteiger partial charge in [-0.2, -0.15) is 9.57 Å². The van der Waals surface area contributed by atoms with Gasteiger partial charge in [-0.3, -0.25) is 0 Å². The summed E-state index contributed by atoms with van der Waals surface area (Å²) in [6.45, 7) is 2.24. The second kappa shape index (κ2) is 6.32. The van der Waals surface area contributed by atoms with Crippen molar-refractivity contribution in [1.82, 2.24) is 4.31 Å². The van der Waals surface area contributed by atoms with Crippen LogP contribution >= 0.6 is 11.6 Å². The van der Waals surface area contributed by atoms with Gasteiger partial charge in [0, 0.05) is 18.6 Å². The molecule has 1 saturated heterocycles. The van der Waals surface area contributed by atoms with Gasteiger partial charge in [0.1, 0.15) is 4.90 Å². The molecule has 1 aromatic carbocycles. The number of piperidine rings is 1. The molecule has 0 saturated carbocycles. The van der Waals surface area contributed by atoms with Gasteiger partial charge < -0.3 is 5.73 Å². The summed E-state index contributed by atoms with van der Waals surface area (Å²) >= 11 is 6.04. The molecule has 1 heterocycles. The predicted molar refractivity (Wildman–Crippen MR) is 81.3 cm³/mol. The maximum absolute atomic E-state index is 12.9. The quantitative estimate of drug-likeness (QED) is 0.921. The maximum Gasteiger partial charge on any atom is 0.244 e. The predicted octanol–water partition coefficient (Wildman–Crippen LogP) is 2.10. The molecule has 1 aliphatic heterocycles. The van der Waals surface area contributed by atoms with Crippen LogP contribution < -0.4 is 5.73 Å². The van der Waals surface area contributed by atoms with Crippen molar-refractivity contribution >= 4 is 21.6 Å². The summed E-state index contributed by atoms with van der Waals surface area (Å²) in [4.78, 5) is -0.0178. The summed E-state index contributed by atoms with van der Waals surface area (Å²) < 4.78 is 27.2. The van der Waals surface area contributed by atoms with E-state index in [0.29, 0.717) is 6.54 Å². The topological polar surface area (TPSA) is 87.2 Å². The molecule has 1 aliphatic rings. The molecule has 21 heavy (non-hydrogen) atoms. The molecule has 2 unspecified atom stereocenters. The average Bonchev–Trinajstić information content (AvgIpc) is 2.47. The van der Waals surface area contributed by atoms with Crippen LogP contribution in [0, 0.1) is 11.3 Å². The van der Waals surface area contributed by atoms with E-state index >= 15 is 0 Å². The number of nitriles is 1. The Labute approximate surface area is 130 Å². The van der Waals surface area contributed by atoms with E-state index in [9.17, 15) is 8.42 Å². The highest BCUT2D eigenvalue weighted by Gasteiger charge is 2.36. The van der Waals surface area contributed by atoms with E-state index in [2.05, 4.69) is 0 Å². The lowest BCUT2D eigenvalue weighted by molar-refractivity contribution is 0.227. The highest BCUT2D eigenvalue weighted by Crippen LogP contribution is 2.31. The number of halogens is 1. The maximum atomic E-state index is 12.9. The summed E-state index contributed by atoms with van der Waals surface area (Å²) in [5, 5.41) is 9.08. The van der Waals surface area contributed by atoms with Crippen LogP contribution in [-0.4, -0.2) is 31.4 Å². The molecular formula is C14H18ClN3O2S. The fourth-order valence-corrected chi connectivity index (χ4v) is 4.93. The summed E-state index contributed by atoms with van der Waals surface area (Å²) in [6.07, 6.45) is 2.51. The fraction of sp³-hybridized carbons (Fsp3) is 0.500. The van der Waals surface area contributed by atoms with E-state index in [1.165, 1.54) is 22.5 Å². The van der Waals surface area contributed by atoms with Crippen LogP contribution in [0.4, 0.5) is 0 Å². The molecule has 2 N–H and O–H groups in total. The SMILES string of the molecule is CC(N)C1CCCCN1S(=O)(=O)c1cc(C#N)ccc1Cl. The lowest BCUT2D eigenvalue weighted by atomic mass is 10.00. The van der Waals surface area contributed by atoms with Gasteiger partial charge in [-0.1, -0.05) is 18.0 Å². The summed E-state index contributed by atoms with van der Waals surface area (Å²) in [7, 11) is -3.75. The van der Waals surface area contributed by atoms with Crippen LogP contribution in [0.3, 0.4) is 0 Å². The summed E-state index contributed by atoms with van der Waals surface area (Å²) in [6, 6.07) is 5.72. The minimum Gasteiger partial charge on any atom is -0.326 e. The number of benzene rings is 1. The van der Waals surface area contributed by atoms with Crippen molar-refractivity contribution in [1.29, 1.82) is 5.26 Å². The summed E-state index contributed by atoms with van der Waals surface area (Å²) in [5.74, 6) is 0. The third-order valence-electron chi connectivity index (χ3n) is 3.75. The van der Waals surface area contributed by atoms with Crippen LogP contribution in [0.15, 0.2) is 23.1 Å². The Kier molecular flexibility index (Phi) is 4.89. The van der Waals surface area contributed by atoms with E-state index in [1.807, 2.05) is 13.0 Å². The third kappa shape index (κ3) is 3.22. The minimum atomic E-state index is -3.75. The molecule has 1 aromatic rings. The van der Waals surface area contributed by atoms with E-state index < -0.39 is 10.0 Å². The molecule has 1 fully saturated rings. The van der Waals surface area contributed by atoms with Gasteiger partial charge in [0.05, 0.1) is 16.7 Å². The zero-order valence-corrected chi connectivity index (χ0v) is 13.4. The largest absolute Gasteiger partial charge is 0.326 e. The van der Waals surface area contributed by atoms with Crippen molar-refractivity contribution in [2.75, 3.05) is 6.54 Å². The molecular weight excluding hydrogens is 310 g/mol. The van der Waals surface area contributed by atoms with Gasteiger partial charge >= 0.3 is 0 Å². The molecule has 0 aromatic heterocycles. The Balaban J connectivity index is 2.48. The standard InChI is InChI=1S/C14H18ClN3O2S/c1-10(17)13-4-2-3-7-18(13)21(19,20)14-8-11(9-16)5-6-12(14)15/h5-6,8,10,13H,2-4,7,17H2,1H3. The number of hydrogen-bond acceptors (Lipinski definition) is 4. The van der Waals surface area contributed by atoms with Crippen molar-refractivity contribution in [3.63, 3.8) is 0 Å². The molecule has 2 atom stereocenters. The Bertz CT molecular complexity index is 667. The molecule has 0 spiro atoms. The van der Waals surface area contributed by atoms with Crippen molar-refractivity contribution in [2.24, 2.45) is 5.73 Å². The molecule has 5 nitrogen and oxygen atoms in total. The van der Waals surface area contributed by atoms with Crippen LogP contribution in [-0.2, 0) is 10.0 Å². The molecule has 2 rings (SSSR count). The molecule has 7 heteroatoms. The van der Waals surface area contributed by atoms with Crippen molar-refractivity contribution in [3.05, 3.63) is 28.8 Å². The highest BCUT2D eigenvalue weighted by atomic mass is 35.5. The van der Waals surface area contributed by atoms with Gasteiger partial charge in [-0.15, -0.1) is 0 Å². The lowest BCUT2D eigenvalue weighted by Crippen LogP contribution is -2.51. The van der Waals surface area contributed by atoms with Crippen LogP contribution in [0.1, 0.15) is 31.7 Å². The van der Waals surface area contributed by atoms with Crippen molar-refractivity contribution in [2.45, 2.75) is 43.2 Å². The number of hydrogen-bond donors (Lipinski definition) is 1. The van der Waals surface area contributed by atoms with Gasteiger partial charge in [-0.25, -0.2) is 8.42 Å². The molecule has 114 valence electrons. The number of nitrogens with zero attached hydrogens (tertiary/aromatic N) is 2. The number of nitrogens with two attached hydrogens (primary N) is 1. The zero-order valence-electron chi connectivity index (χ0n) is 11.8. The first-order chi connectivity index (χ1) is 9.87. The van der Waals surface area contributed by atoms with Gasteiger partial charge in [0.2, 0.25) is 10.0 Å². The molecule has 0 aliphatic carbocycles. The van der Waals surface area contributed by atoms with Gasteiger partial charge in [-0.05, 0) is 38.0 Å². The lowest BCUT2D eigenvalue weighted by Gasteiger charge is -2.37. The first-order valence-electron chi connectivity index (χ1n) is 6.85. The first-order valence-corrected chi connectivity index (χ1v) is 8.67. The van der Waals surface area contributed by atoms with Crippen LogP contribution in [0.25, 0.3) is 0 Å². The normalized spacial score (nSPS) is 21.7. The number of rotatable bonds is 3. The monoisotopic (exact) mass is 327 g/mol. The fourth-order valence-electron chi connectivity index (χ4n) is 2.65. The van der Waals surface area contributed by atoms with E-state index in [0.717, 1.165) is 19.3 Å². The van der Waals surface area contributed by atoms with Crippen molar-refractivity contribution in [3.8, 4) is 6.07 Å².